The Bertz CT molecular complexity index is 785. The van der Waals surface area contributed by atoms with Crippen LogP contribution in [0.1, 0.15) is 26.5 Å². The third kappa shape index (κ3) is 3.49. The lowest BCUT2D eigenvalue weighted by atomic mass is 10.2. The quantitative estimate of drug-likeness (QED) is 0.594. The fourth-order valence-electron chi connectivity index (χ4n) is 2.60. The number of benzene rings is 1. The summed E-state index contributed by atoms with van der Waals surface area (Å²) in [5.74, 6) is 2.25. The van der Waals surface area contributed by atoms with Gasteiger partial charge in [-0.3, -0.25) is 9.36 Å². The van der Waals surface area contributed by atoms with Crippen LogP contribution in [0.5, 0.6) is 5.75 Å². The number of rotatable bonds is 5. The molecule has 0 radical (unpaired) electrons. The molecule has 1 aliphatic heterocycles. The Morgan fingerprint density at radius 1 is 1.38 bits per heavy atom. The highest BCUT2D eigenvalue weighted by Gasteiger charge is 2.26. The Morgan fingerprint density at radius 3 is 2.71 bits per heavy atom. The normalized spacial score (nSPS) is 16.5. The van der Waals surface area contributed by atoms with Gasteiger partial charge in [-0.1, -0.05) is 32.5 Å². The van der Waals surface area contributed by atoms with Crippen LogP contribution in [-0.4, -0.2) is 27.7 Å². The number of aromatic nitrogens is 2. The summed E-state index contributed by atoms with van der Waals surface area (Å²) in [6, 6.07) is 7.58. The van der Waals surface area contributed by atoms with Crippen molar-refractivity contribution < 1.29 is 4.74 Å². The van der Waals surface area contributed by atoms with E-state index in [0.717, 1.165) is 39.4 Å². The fraction of sp³-hybridized carbons (Fsp3) is 0.444. The van der Waals surface area contributed by atoms with Crippen molar-refractivity contribution in [3.05, 3.63) is 40.3 Å². The molecule has 0 saturated heterocycles. The average Bonchev–Trinajstić information content (AvgIpc) is 2.94. The highest BCUT2D eigenvalue weighted by Crippen LogP contribution is 2.35. The monoisotopic (exact) mass is 362 g/mol. The molecule has 2 heterocycles. The second kappa shape index (κ2) is 7.23. The molecule has 2 aromatic rings. The predicted octanol–water partition coefficient (Wildman–Crippen LogP) is 4.03. The smallest absolute Gasteiger partial charge is 0.272 e. The minimum atomic E-state index is 0.0470. The van der Waals surface area contributed by atoms with Gasteiger partial charge in [0.05, 0.1) is 23.4 Å². The molecule has 6 heteroatoms. The van der Waals surface area contributed by atoms with Gasteiger partial charge in [0.25, 0.3) is 5.56 Å². The zero-order chi connectivity index (χ0) is 17.3. The molecular weight excluding hydrogens is 340 g/mol. The van der Waals surface area contributed by atoms with Gasteiger partial charge in [0.2, 0.25) is 0 Å². The highest BCUT2D eigenvalue weighted by atomic mass is 32.2. The molecule has 1 aromatic heterocycles. The zero-order valence-corrected chi connectivity index (χ0v) is 16.0. The van der Waals surface area contributed by atoms with E-state index in [0.29, 0.717) is 11.2 Å². The summed E-state index contributed by atoms with van der Waals surface area (Å²) in [7, 11) is 1.64. The first-order chi connectivity index (χ1) is 11.5. The van der Waals surface area contributed by atoms with Gasteiger partial charge in [-0.2, -0.15) is 0 Å². The molecule has 1 aromatic carbocycles. The molecule has 0 saturated carbocycles. The maximum absolute atomic E-state index is 13.1. The highest BCUT2D eigenvalue weighted by molar-refractivity contribution is 8.00. The molecule has 3 rings (SSSR count). The van der Waals surface area contributed by atoms with E-state index in [1.807, 2.05) is 24.3 Å². The Balaban J connectivity index is 2.10. The van der Waals surface area contributed by atoms with Gasteiger partial charge in [-0.05, 0) is 30.2 Å². The van der Waals surface area contributed by atoms with E-state index < -0.39 is 0 Å². The molecule has 1 aliphatic rings. The van der Waals surface area contributed by atoms with Gasteiger partial charge in [-0.25, -0.2) is 4.98 Å². The third-order valence-electron chi connectivity index (χ3n) is 3.76. The van der Waals surface area contributed by atoms with E-state index in [2.05, 4.69) is 20.8 Å². The van der Waals surface area contributed by atoms with Crippen molar-refractivity contribution in [1.29, 1.82) is 0 Å². The van der Waals surface area contributed by atoms with E-state index in [1.54, 1.807) is 35.2 Å². The first kappa shape index (κ1) is 17.4. The number of fused-ring (bicyclic) bond motifs is 1. The summed E-state index contributed by atoms with van der Waals surface area (Å²) in [6.45, 7) is 6.49. The molecule has 4 nitrogen and oxygen atoms in total. The lowest BCUT2D eigenvalue weighted by Gasteiger charge is -2.14. The summed E-state index contributed by atoms with van der Waals surface area (Å²) in [5, 5.41) is 1.20. The Morgan fingerprint density at radius 2 is 2.08 bits per heavy atom. The maximum atomic E-state index is 13.1. The molecule has 0 N–H and O–H groups in total. The van der Waals surface area contributed by atoms with E-state index in [-0.39, 0.29) is 5.56 Å². The number of ether oxygens (including phenoxy) is 1. The summed E-state index contributed by atoms with van der Waals surface area (Å²) < 4.78 is 6.97. The van der Waals surface area contributed by atoms with Gasteiger partial charge in [0, 0.05) is 17.4 Å². The second-order valence-corrected chi connectivity index (χ2v) is 8.78. The number of nitrogens with zero attached hydrogens (tertiary/aromatic N) is 2. The summed E-state index contributed by atoms with van der Waals surface area (Å²) in [5.41, 5.74) is 1.83. The van der Waals surface area contributed by atoms with Gasteiger partial charge in [-0.15, -0.1) is 11.8 Å². The van der Waals surface area contributed by atoms with E-state index in [4.69, 9.17) is 9.72 Å². The molecule has 1 atom stereocenters. The molecule has 0 amide bonds. The van der Waals surface area contributed by atoms with Crippen LogP contribution in [0.3, 0.4) is 0 Å². The van der Waals surface area contributed by atoms with Crippen molar-refractivity contribution in [2.75, 3.05) is 12.9 Å². The summed E-state index contributed by atoms with van der Waals surface area (Å²) >= 11 is 3.29. The van der Waals surface area contributed by atoms with Crippen molar-refractivity contribution in [1.82, 2.24) is 9.55 Å². The Hall–Kier alpha value is -1.40. The van der Waals surface area contributed by atoms with Crippen LogP contribution in [0.2, 0.25) is 0 Å². The van der Waals surface area contributed by atoms with Crippen LogP contribution in [0.25, 0.3) is 5.69 Å². The molecule has 0 aliphatic carbocycles. The topological polar surface area (TPSA) is 44.1 Å². The number of thioether (sulfide) groups is 2. The van der Waals surface area contributed by atoms with Crippen LogP contribution in [0, 0.1) is 5.92 Å². The summed E-state index contributed by atoms with van der Waals surface area (Å²) in [6.07, 6.45) is 0.869. The SMILES string of the molecule is COc1ccc(-n2c(SCC(C)C)nc3c(c2=O)SC(C)C3)cc1. The van der Waals surface area contributed by atoms with Crippen molar-refractivity contribution >= 4 is 23.5 Å². The molecule has 0 bridgehead atoms. The third-order valence-corrected chi connectivity index (χ3v) is 6.34. The van der Waals surface area contributed by atoms with Gasteiger partial charge < -0.3 is 4.74 Å². The first-order valence-electron chi connectivity index (χ1n) is 8.09. The lowest BCUT2D eigenvalue weighted by Crippen LogP contribution is -2.24. The molecular formula is C18H22N2O2S2. The van der Waals surface area contributed by atoms with Gasteiger partial charge in [0.1, 0.15) is 5.75 Å². The average molecular weight is 363 g/mol. The second-order valence-electron chi connectivity index (χ2n) is 6.35. The number of hydrogen-bond acceptors (Lipinski definition) is 5. The van der Waals surface area contributed by atoms with E-state index in [1.165, 1.54) is 0 Å². The molecule has 0 fully saturated rings. The van der Waals surface area contributed by atoms with Gasteiger partial charge >= 0.3 is 0 Å². The van der Waals surface area contributed by atoms with Crippen LogP contribution in [0.4, 0.5) is 0 Å². The van der Waals surface area contributed by atoms with Crippen molar-refractivity contribution in [2.24, 2.45) is 5.92 Å². The Labute approximate surface area is 151 Å². The van der Waals surface area contributed by atoms with Gasteiger partial charge in [0.15, 0.2) is 5.16 Å². The minimum absolute atomic E-state index is 0.0470. The van der Waals surface area contributed by atoms with Crippen molar-refractivity contribution in [3.63, 3.8) is 0 Å². The zero-order valence-electron chi connectivity index (χ0n) is 14.4. The largest absolute Gasteiger partial charge is 0.497 e. The number of hydrogen-bond donors (Lipinski definition) is 0. The Kier molecular flexibility index (Phi) is 5.25. The van der Waals surface area contributed by atoms with Crippen molar-refractivity contribution in [3.8, 4) is 11.4 Å². The number of methoxy groups -OCH3 is 1. The van der Waals surface area contributed by atoms with Crippen LogP contribution >= 0.6 is 23.5 Å². The van der Waals surface area contributed by atoms with E-state index >= 15 is 0 Å². The first-order valence-corrected chi connectivity index (χ1v) is 9.96. The predicted molar refractivity (Wildman–Crippen MR) is 101 cm³/mol. The molecule has 1 unspecified atom stereocenters. The lowest BCUT2D eigenvalue weighted by molar-refractivity contribution is 0.414. The molecule has 0 spiro atoms. The standard InChI is InChI=1S/C18H22N2O2S2/c1-11(2)10-23-18-19-15-9-12(3)24-16(15)17(21)20(18)13-5-7-14(22-4)8-6-13/h5-8,11-12H,9-10H2,1-4H3. The van der Waals surface area contributed by atoms with E-state index in [9.17, 15) is 4.79 Å². The van der Waals surface area contributed by atoms with Crippen LogP contribution in [-0.2, 0) is 6.42 Å². The van der Waals surface area contributed by atoms with Crippen LogP contribution in [0.15, 0.2) is 39.1 Å². The minimum Gasteiger partial charge on any atom is -0.497 e. The maximum Gasteiger partial charge on any atom is 0.272 e. The van der Waals surface area contributed by atoms with Crippen molar-refractivity contribution in [2.45, 2.75) is 42.5 Å². The van der Waals surface area contributed by atoms with Crippen LogP contribution < -0.4 is 10.3 Å². The molecule has 128 valence electrons. The molecule has 24 heavy (non-hydrogen) atoms. The summed E-state index contributed by atoms with van der Waals surface area (Å²) in [4.78, 5) is 18.7. The fourth-order valence-corrected chi connectivity index (χ4v) is 4.67.